The van der Waals surface area contributed by atoms with Crippen LogP contribution in [0.1, 0.15) is 37.7 Å². The second-order valence-electron chi connectivity index (χ2n) is 6.42. The van der Waals surface area contributed by atoms with Gasteiger partial charge in [-0.2, -0.15) is 0 Å². The second-order valence-corrected chi connectivity index (χ2v) is 6.42. The van der Waals surface area contributed by atoms with E-state index in [9.17, 15) is 8.78 Å². The van der Waals surface area contributed by atoms with Crippen LogP contribution in [0.3, 0.4) is 0 Å². The highest BCUT2D eigenvalue weighted by Crippen LogP contribution is 2.53. The zero-order chi connectivity index (χ0) is 15.9. The summed E-state index contributed by atoms with van der Waals surface area (Å²) in [6.07, 6.45) is 4.33. The zero-order valence-corrected chi connectivity index (χ0v) is 12.7. The molecule has 0 amide bonds. The molecule has 0 radical (unpaired) electrons. The summed E-state index contributed by atoms with van der Waals surface area (Å²) >= 11 is 0. The molecule has 2 heterocycles. The predicted octanol–water partition coefficient (Wildman–Crippen LogP) is 4.93. The molecule has 120 valence electrons. The van der Waals surface area contributed by atoms with Crippen molar-refractivity contribution < 1.29 is 18.3 Å². The Bertz CT molecular complexity index is 698. The van der Waals surface area contributed by atoms with E-state index in [0.717, 1.165) is 37.7 Å². The molecule has 0 N–H and O–H groups in total. The van der Waals surface area contributed by atoms with Crippen LogP contribution in [-0.4, -0.2) is 5.79 Å². The largest absolute Gasteiger partial charge is 0.462 e. The van der Waals surface area contributed by atoms with E-state index in [4.69, 9.17) is 9.47 Å². The van der Waals surface area contributed by atoms with Crippen LogP contribution < -0.4 is 4.74 Å². The smallest absolute Gasteiger partial charge is 0.211 e. The Balaban J connectivity index is 1.60. The maximum absolute atomic E-state index is 13.2. The normalized spacial score (nSPS) is 29.5. The SMILES string of the molecule is Fc1ccc(O[C@@]23CCC[C@@](c4ccc(F)cc4)(CC2)O3)cc1. The van der Waals surface area contributed by atoms with E-state index in [1.54, 1.807) is 24.3 Å². The van der Waals surface area contributed by atoms with Gasteiger partial charge in [0.05, 0.1) is 5.60 Å². The van der Waals surface area contributed by atoms with E-state index < -0.39 is 11.4 Å². The molecule has 0 aliphatic carbocycles. The molecule has 0 unspecified atom stereocenters. The van der Waals surface area contributed by atoms with Crippen LogP contribution in [0.2, 0.25) is 0 Å². The summed E-state index contributed by atoms with van der Waals surface area (Å²) < 4.78 is 38.7. The van der Waals surface area contributed by atoms with Crippen LogP contribution in [0.25, 0.3) is 0 Å². The van der Waals surface area contributed by atoms with Crippen LogP contribution in [0, 0.1) is 11.6 Å². The van der Waals surface area contributed by atoms with Crippen molar-refractivity contribution in [3.8, 4) is 5.75 Å². The average molecular weight is 316 g/mol. The Hall–Kier alpha value is -1.94. The molecule has 2 aromatic carbocycles. The fourth-order valence-corrected chi connectivity index (χ4v) is 3.79. The summed E-state index contributed by atoms with van der Waals surface area (Å²) in [4.78, 5) is 0. The molecule has 2 aliphatic rings. The van der Waals surface area contributed by atoms with Gasteiger partial charge in [0.2, 0.25) is 5.79 Å². The van der Waals surface area contributed by atoms with Gasteiger partial charge in [-0.05, 0) is 61.2 Å². The molecule has 2 saturated heterocycles. The third-order valence-corrected chi connectivity index (χ3v) is 4.92. The summed E-state index contributed by atoms with van der Waals surface area (Å²) in [5, 5.41) is 0. The molecular formula is C19H18F2O2. The predicted molar refractivity (Wildman–Crippen MR) is 82.0 cm³/mol. The van der Waals surface area contributed by atoms with Crippen molar-refractivity contribution in [1.29, 1.82) is 0 Å². The molecule has 2 fully saturated rings. The summed E-state index contributed by atoms with van der Waals surface area (Å²) in [7, 11) is 0. The lowest BCUT2D eigenvalue weighted by Gasteiger charge is -2.40. The minimum Gasteiger partial charge on any atom is -0.462 e. The van der Waals surface area contributed by atoms with Gasteiger partial charge in [0.15, 0.2) is 0 Å². The monoisotopic (exact) mass is 316 g/mol. The number of hydrogen-bond donors (Lipinski definition) is 0. The summed E-state index contributed by atoms with van der Waals surface area (Å²) in [5.74, 6) is -0.577. The topological polar surface area (TPSA) is 18.5 Å². The van der Waals surface area contributed by atoms with Gasteiger partial charge in [-0.1, -0.05) is 12.1 Å². The van der Waals surface area contributed by atoms with Crippen molar-refractivity contribution in [2.45, 2.75) is 43.5 Å². The van der Waals surface area contributed by atoms with Crippen LogP contribution in [-0.2, 0) is 10.3 Å². The maximum Gasteiger partial charge on any atom is 0.211 e. The van der Waals surface area contributed by atoms with Crippen molar-refractivity contribution in [2.24, 2.45) is 0 Å². The third kappa shape index (κ3) is 2.61. The molecule has 0 aromatic heterocycles. The Labute approximate surface area is 134 Å². The summed E-state index contributed by atoms with van der Waals surface area (Å²) in [6.45, 7) is 0. The number of halogens is 2. The molecule has 2 nitrogen and oxygen atoms in total. The van der Waals surface area contributed by atoms with E-state index in [2.05, 4.69) is 0 Å². The molecule has 0 spiro atoms. The highest BCUT2D eigenvalue weighted by Gasteiger charge is 2.54. The fourth-order valence-electron chi connectivity index (χ4n) is 3.79. The fraction of sp³-hybridized carbons (Fsp3) is 0.368. The van der Waals surface area contributed by atoms with Crippen molar-refractivity contribution in [1.82, 2.24) is 0 Å². The zero-order valence-electron chi connectivity index (χ0n) is 12.7. The summed E-state index contributed by atoms with van der Waals surface area (Å²) in [6, 6.07) is 12.6. The number of fused-ring (bicyclic) bond motifs is 2. The highest BCUT2D eigenvalue weighted by molar-refractivity contribution is 5.27. The number of benzene rings is 2. The second kappa shape index (κ2) is 5.31. The van der Waals surface area contributed by atoms with E-state index in [0.29, 0.717) is 5.75 Å². The van der Waals surface area contributed by atoms with Gasteiger partial charge in [0, 0.05) is 12.8 Å². The van der Waals surface area contributed by atoms with Gasteiger partial charge in [-0.25, -0.2) is 8.78 Å². The lowest BCUT2D eigenvalue weighted by molar-refractivity contribution is -0.237. The number of rotatable bonds is 3. The van der Waals surface area contributed by atoms with E-state index in [1.807, 2.05) is 0 Å². The van der Waals surface area contributed by atoms with Gasteiger partial charge in [-0.3, -0.25) is 0 Å². The Morgan fingerprint density at radius 2 is 1.43 bits per heavy atom. The maximum atomic E-state index is 13.2. The molecule has 2 aromatic rings. The first-order valence-corrected chi connectivity index (χ1v) is 8.00. The van der Waals surface area contributed by atoms with Crippen molar-refractivity contribution in [3.05, 3.63) is 65.7 Å². The lowest BCUT2D eigenvalue weighted by Crippen LogP contribution is -2.42. The molecule has 2 aliphatic heterocycles. The molecule has 2 atom stereocenters. The van der Waals surface area contributed by atoms with Gasteiger partial charge < -0.3 is 9.47 Å². The first-order chi connectivity index (χ1) is 11.1. The molecule has 4 heteroatoms. The Morgan fingerprint density at radius 3 is 2.13 bits per heavy atom. The molecule has 2 bridgehead atoms. The quantitative estimate of drug-likeness (QED) is 0.799. The average Bonchev–Trinajstić information content (AvgIpc) is 2.82. The minimum absolute atomic E-state index is 0.243. The van der Waals surface area contributed by atoms with Crippen molar-refractivity contribution in [3.63, 3.8) is 0 Å². The standard InChI is InChI=1S/C19H18F2O2/c20-15-4-2-14(3-5-15)18-10-1-11-19(23-18,13-12-18)22-17-8-6-16(21)7-9-17/h2-9H,1,10-13H2/t18-,19+/m0/s1. The van der Waals surface area contributed by atoms with E-state index in [-0.39, 0.29) is 11.6 Å². The third-order valence-electron chi connectivity index (χ3n) is 4.92. The van der Waals surface area contributed by atoms with Crippen molar-refractivity contribution >= 4 is 0 Å². The number of hydrogen-bond acceptors (Lipinski definition) is 2. The Morgan fingerprint density at radius 1 is 0.783 bits per heavy atom. The summed E-state index contributed by atoms with van der Waals surface area (Å²) in [5.41, 5.74) is 0.606. The number of ether oxygens (including phenoxy) is 2. The van der Waals surface area contributed by atoms with Crippen LogP contribution >= 0.6 is 0 Å². The lowest BCUT2D eigenvalue weighted by atomic mass is 9.87. The van der Waals surface area contributed by atoms with Gasteiger partial charge in [-0.15, -0.1) is 0 Å². The van der Waals surface area contributed by atoms with Crippen LogP contribution in [0.5, 0.6) is 5.75 Å². The molecule has 0 saturated carbocycles. The van der Waals surface area contributed by atoms with E-state index in [1.165, 1.54) is 24.3 Å². The van der Waals surface area contributed by atoms with Gasteiger partial charge >= 0.3 is 0 Å². The van der Waals surface area contributed by atoms with Crippen molar-refractivity contribution in [2.75, 3.05) is 0 Å². The minimum atomic E-state index is -0.662. The van der Waals surface area contributed by atoms with Gasteiger partial charge in [0.25, 0.3) is 0 Å². The molecule has 23 heavy (non-hydrogen) atoms. The highest BCUT2D eigenvalue weighted by atomic mass is 19.1. The van der Waals surface area contributed by atoms with E-state index >= 15 is 0 Å². The Kier molecular flexibility index (Phi) is 3.38. The van der Waals surface area contributed by atoms with Gasteiger partial charge in [0.1, 0.15) is 17.4 Å². The molecule has 4 rings (SSSR count). The van der Waals surface area contributed by atoms with Crippen LogP contribution in [0.15, 0.2) is 48.5 Å². The first-order valence-electron chi connectivity index (χ1n) is 8.00. The van der Waals surface area contributed by atoms with Crippen LogP contribution in [0.4, 0.5) is 8.78 Å². The molecular weight excluding hydrogens is 298 g/mol. The first kappa shape index (κ1) is 14.6.